The van der Waals surface area contributed by atoms with Gasteiger partial charge in [-0.05, 0) is 51.0 Å². The Morgan fingerprint density at radius 3 is 2.42 bits per heavy atom. The summed E-state index contributed by atoms with van der Waals surface area (Å²) in [6, 6.07) is 4.06. The molecule has 1 aromatic rings. The molecule has 0 spiro atoms. The third-order valence-corrected chi connectivity index (χ3v) is 3.02. The highest BCUT2D eigenvalue weighted by Crippen LogP contribution is 2.27. The Morgan fingerprint density at radius 1 is 1.16 bits per heavy atom. The van der Waals surface area contributed by atoms with Gasteiger partial charge in [0.05, 0.1) is 13.7 Å². The predicted molar refractivity (Wildman–Crippen MR) is 81.2 cm³/mol. The first-order chi connectivity index (χ1) is 9.08. The van der Waals surface area contributed by atoms with E-state index in [1.54, 1.807) is 7.11 Å². The van der Waals surface area contributed by atoms with Crippen LogP contribution >= 0.6 is 0 Å². The smallest absolute Gasteiger partial charge is 0.122 e. The van der Waals surface area contributed by atoms with Gasteiger partial charge in [0.15, 0.2) is 0 Å². The van der Waals surface area contributed by atoms with Gasteiger partial charge in [-0.1, -0.05) is 23.8 Å². The van der Waals surface area contributed by atoms with Crippen molar-refractivity contribution in [1.29, 1.82) is 0 Å². The molecule has 0 fully saturated rings. The first kappa shape index (κ1) is 15.4. The van der Waals surface area contributed by atoms with E-state index in [9.17, 15) is 0 Å². The summed E-state index contributed by atoms with van der Waals surface area (Å²) >= 11 is 0. The van der Waals surface area contributed by atoms with Crippen LogP contribution < -0.4 is 9.47 Å². The predicted octanol–water partition coefficient (Wildman–Crippen LogP) is 4.60. The van der Waals surface area contributed by atoms with E-state index >= 15 is 0 Å². The molecule has 0 aliphatic carbocycles. The van der Waals surface area contributed by atoms with Crippen LogP contribution in [0.5, 0.6) is 11.5 Å². The van der Waals surface area contributed by atoms with Gasteiger partial charge < -0.3 is 9.47 Å². The van der Waals surface area contributed by atoms with Crippen molar-refractivity contribution in [3.63, 3.8) is 0 Å². The van der Waals surface area contributed by atoms with Crippen molar-refractivity contribution in [3.8, 4) is 11.5 Å². The summed E-state index contributed by atoms with van der Waals surface area (Å²) in [5, 5.41) is 0. The maximum atomic E-state index is 5.85. The molecule has 0 bridgehead atoms. The first-order valence-corrected chi connectivity index (χ1v) is 6.65. The second-order valence-electron chi connectivity index (χ2n) is 4.72. The van der Waals surface area contributed by atoms with E-state index in [1.807, 2.05) is 39.0 Å². The highest BCUT2D eigenvalue weighted by atomic mass is 16.5. The van der Waals surface area contributed by atoms with Gasteiger partial charge in [-0.15, -0.1) is 0 Å². The van der Waals surface area contributed by atoms with Crippen molar-refractivity contribution in [2.45, 2.75) is 34.1 Å². The molecule has 2 heteroatoms. The number of hydrogen-bond acceptors (Lipinski definition) is 2. The Hall–Kier alpha value is -1.70. The zero-order chi connectivity index (χ0) is 14.3. The van der Waals surface area contributed by atoms with Crippen LogP contribution in [-0.2, 0) is 0 Å². The SMILES string of the molecule is C/C=C\C=C(/C)CCOc1cc(C)c(OC)cc1C. The lowest BCUT2D eigenvalue weighted by Gasteiger charge is -2.12. The van der Waals surface area contributed by atoms with E-state index in [-0.39, 0.29) is 0 Å². The van der Waals surface area contributed by atoms with Gasteiger partial charge in [-0.3, -0.25) is 0 Å². The summed E-state index contributed by atoms with van der Waals surface area (Å²) in [7, 11) is 1.69. The normalized spacial score (nSPS) is 11.9. The number of rotatable bonds is 6. The summed E-state index contributed by atoms with van der Waals surface area (Å²) in [5.41, 5.74) is 3.53. The molecule has 1 rings (SSSR count). The molecule has 0 saturated carbocycles. The van der Waals surface area contributed by atoms with Crippen molar-refractivity contribution in [1.82, 2.24) is 0 Å². The van der Waals surface area contributed by atoms with Crippen molar-refractivity contribution < 1.29 is 9.47 Å². The number of aryl methyl sites for hydroxylation is 2. The van der Waals surface area contributed by atoms with Gasteiger partial charge in [0, 0.05) is 6.42 Å². The van der Waals surface area contributed by atoms with Crippen LogP contribution in [0.15, 0.2) is 35.9 Å². The molecule has 0 aliphatic heterocycles. The van der Waals surface area contributed by atoms with Crippen LogP contribution in [-0.4, -0.2) is 13.7 Å². The number of benzene rings is 1. The lowest BCUT2D eigenvalue weighted by molar-refractivity contribution is 0.318. The minimum Gasteiger partial charge on any atom is -0.496 e. The highest BCUT2D eigenvalue weighted by Gasteiger charge is 2.05. The van der Waals surface area contributed by atoms with Crippen molar-refractivity contribution in [3.05, 3.63) is 47.1 Å². The van der Waals surface area contributed by atoms with Crippen molar-refractivity contribution in [2.24, 2.45) is 0 Å². The van der Waals surface area contributed by atoms with Gasteiger partial charge in [0.2, 0.25) is 0 Å². The molecule has 0 radical (unpaired) electrons. The standard InChI is InChI=1S/C17H24O2/c1-6-7-8-13(2)9-10-19-17-12-14(3)16(18-5)11-15(17)4/h6-8,11-12H,9-10H2,1-5H3/b7-6-,13-8+. The first-order valence-electron chi connectivity index (χ1n) is 6.65. The minimum absolute atomic E-state index is 0.701. The average molecular weight is 260 g/mol. The molecule has 0 atom stereocenters. The molecule has 1 aromatic carbocycles. The van der Waals surface area contributed by atoms with Crippen LogP contribution in [0.2, 0.25) is 0 Å². The van der Waals surface area contributed by atoms with Gasteiger partial charge in [-0.2, -0.15) is 0 Å². The molecule has 2 nitrogen and oxygen atoms in total. The van der Waals surface area contributed by atoms with Crippen LogP contribution in [0.1, 0.15) is 31.4 Å². The largest absolute Gasteiger partial charge is 0.496 e. The Kier molecular flexibility index (Phi) is 6.20. The molecule has 0 unspecified atom stereocenters. The number of allylic oxidation sites excluding steroid dienone is 3. The van der Waals surface area contributed by atoms with Crippen molar-refractivity contribution in [2.75, 3.05) is 13.7 Å². The van der Waals surface area contributed by atoms with Crippen LogP contribution in [0.3, 0.4) is 0 Å². The quantitative estimate of drug-likeness (QED) is 0.696. The summed E-state index contributed by atoms with van der Waals surface area (Å²) in [6.07, 6.45) is 7.14. The Labute approximate surface area is 116 Å². The molecular formula is C17H24O2. The van der Waals surface area contributed by atoms with E-state index in [4.69, 9.17) is 9.47 Å². The van der Waals surface area contributed by atoms with Gasteiger partial charge in [0.1, 0.15) is 11.5 Å². The molecule has 0 aromatic heterocycles. The van der Waals surface area contributed by atoms with E-state index in [1.165, 1.54) is 5.57 Å². The van der Waals surface area contributed by atoms with E-state index in [0.717, 1.165) is 29.0 Å². The van der Waals surface area contributed by atoms with Gasteiger partial charge in [-0.25, -0.2) is 0 Å². The maximum Gasteiger partial charge on any atom is 0.122 e. The molecule has 104 valence electrons. The fraction of sp³-hybridized carbons (Fsp3) is 0.412. The minimum atomic E-state index is 0.701. The van der Waals surface area contributed by atoms with Crippen LogP contribution in [0, 0.1) is 13.8 Å². The lowest BCUT2D eigenvalue weighted by Crippen LogP contribution is -2.00. The summed E-state index contributed by atoms with van der Waals surface area (Å²) in [4.78, 5) is 0. The van der Waals surface area contributed by atoms with Gasteiger partial charge in [0.25, 0.3) is 0 Å². The van der Waals surface area contributed by atoms with Crippen LogP contribution in [0.25, 0.3) is 0 Å². The van der Waals surface area contributed by atoms with E-state index < -0.39 is 0 Å². The maximum absolute atomic E-state index is 5.85. The molecular weight excluding hydrogens is 236 g/mol. The zero-order valence-corrected chi connectivity index (χ0v) is 12.6. The molecule has 0 N–H and O–H groups in total. The Morgan fingerprint density at radius 2 is 1.79 bits per heavy atom. The molecule has 0 aliphatic rings. The second kappa shape index (κ2) is 7.67. The average Bonchev–Trinajstić information content (AvgIpc) is 2.39. The molecule has 19 heavy (non-hydrogen) atoms. The summed E-state index contributed by atoms with van der Waals surface area (Å²) < 4.78 is 11.1. The fourth-order valence-electron chi connectivity index (χ4n) is 1.80. The summed E-state index contributed by atoms with van der Waals surface area (Å²) in [6.45, 7) is 8.91. The highest BCUT2D eigenvalue weighted by molar-refractivity contribution is 5.45. The number of ether oxygens (including phenoxy) is 2. The molecule has 0 heterocycles. The summed E-state index contributed by atoms with van der Waals surface area (Å²) in [5.74, 6) is 1.85. The third kappa shape index (κ3) is 4.82. The molecule has 0 amide bonds. The van der Waals surface area contributed by atoms with E-state index in [2.05, 4.69) is 19.1 Å². The third-order valence-electron chi connectivity index (χ3n) is 3.02. The Balaban J connectivity index is 2.61. The Bertz CT molecular complexity index is 470. The fourth-order valence-corrected chi connectivity index (χ4v) is 1.80. The van der Waals surface area contributed by atoms with Crippen molar-refractivity contribution >= 4 is 0 Å². The lowest BCUT2D eigenvalue weighted by atomic mass is 10.1. The number of hydrogen-bond donors (Lipinski definition) is 0. The van der Waals surface area contributed by atoms with Gasteiger partial charge >= 0.3 is 0 Å². The second-order valence-corrected chi connectivity index (χ2v) is 4.72. The zero-order valence-electron chi connectivity index (χ0n) is 12.6. The topological polar surface area (TPSA) is 18.5 Å². The number of methoxy groups -OCH3 is 1. The monoisotopic (exact) mass is 260 g/mol. The molecule has 0 saturated heterocycles. The van der Waals surface area contributed by atoms with E-state index in [0.29, 0.717) is 6.61 Å². The van der Waals surface area contributed by atoms with Crippen LogP contribution in [0.4, 0.5) is 0 Å².